The van der Waals surface area contributed by atoms with E-state index in [1.165, 1.54) is 25.2 Å². The Morgan fingerprint density at radius 2 is 1.83 bits per heavy atom. The van der Waals surface area contributed by atoms with Crippen molar-refractivity contribution in [1.82, 2.24) is 30.1 Å². The number of aromatic amines is 1. The summed E-state index contributed by atoms with van der Waals surface area (Å²) in [6.07, 6.45) is -3.65. The Kier molecular flexibility index (Phi) is 8.01. The van der Waals surface area contributed by atoms with Crippen molar-refractivity contribution in [3.63, 3.8) is 0 Å². The van der Waals surface area contributed by atoms with Crippen molar-refractivity contribution in [3.8, 4) is 11.6 Å². The van der Waals surface area contributed by atoms with Gasteiger partial charge in [0.25, 0.3) is 5.91 Å². The molecule has 222 valence electrons. The van der Waals surface area contributed by atoms with Crippen molar-refractivity contribution in [2.24, 2.45) is 0 Å². The SMILES string of the molecule is CNC(=O)c1c(Nc2ccc(CN3CCN(C)CC3)c(C(F)(F)F)c2)ncnc1Oc1cc(F)c2[nH]c(C)cc2c1F. The van der Waals surface area contributed by atoms with E-state index in [1.807, 2.05) is 11.9 Å². The number of piperazine rings is 1. The van der Waals surface area contributed by atoms with Gasteiger partial charge in [0.2, 0.25) is 5.88 Å². The average molecular weight is 590 g/mol. The molecule has 4 aromatic rings. The highest BCUT2D eigenvalue weighted by atomic mass is 19.4. The van der Waals surface area contributed by atoms with Crippen LogP contribution in [-0.4, -0.2) is 70.9 Å². The van der Waals surface area contributed by atoms with Crippen molar-refractivity contribution in [3.05, 3.63) is 70.7 Å². The molecule has 14 heteroatoms. The van der Waals surface area contributed by atoms with Crippen LogP contribution in [0.4, 0.5) is 33.5 Å². The summed E-state index contributed by atoms with van der Waals surface area (Å²) < 4.78 is 77.7. The summed E-state index contributed by atoms with van der Waals surface area (Å²) in [5, 5.41) is 5.06. The normalized spacial score (nSPS) is 14.8. The number of aromatic nitrogens is 3. The maximum Gasteiger partial charge on any atom is 0.416 e. The van der Waals surface area contributed by atoms with E-state index >= 15 is 4.39 Å². The molecule has 1 aliphatic heterocycles. The average Bonchev–Trinajstić information content (AvgIpc) is 3.35. The van der Waals surface area contributed by atoms with Crippen molar-refractivity contribution in [2.75, 3.05) is 45.6 Å². The summed E-state index contributed by atoms with van der Waals surface area (Å²) in [4.78, 5) is 27.6. The fraction of sp³-hybridized carbons (Fsp3) is 0.321. The number of fused-ring (bicyclic) bond motifs is 1. The maximum absolute atomic E-state index is 15.2. The van der Waals surface area contributed by atoms with E-state index in [9.17, 15) is 22.4 Å². The topological polar surface area (TPSA) is 98.4 Å². The van der Waals surface area contributed by atoms with Crippen LogP contribution in [-0.2, 0) is 12.7 Å². The zero-order valence-corrected chi connectivity index (χ0v) is 23.0. The first-order chi connectivity index (χ1) is 19.9. The number of ether oxygens (including phenoxy) is 1. The van der Waals surface area contributed by atoms with Gasteiger partial charge in [-0.1, -0.05) is 6.07 Å². The van der Waals surface area contributed by atoms with Crippen LogP contribution in [0.2, 0.25) is 0 Å². The minimum atomic E-state index is -4.64. The molecule has 5 rings (SSSR count). The Bertz CT molecular complexity index is 1630. The minimum Gasteiger partial charge on any atom is -0.435 e. The fourth-order valence-corrected chi connectivity index (χ4v) is 4.82. The summed E-state index contributed by atoms with van der Waals surface area (Å²) in [5.74, 6) is -3.62. The molecule has 42 heavy (non-hydrogen) atoms. The van der Waals surface area contributed by atoms with Crippen molar-refractivity contribution < 1.29 is 31.5 Å². The molecule has 2 aromatic heterocycles. The number of likely N-dealkylation sites (N-methyl/N-ethyl adjacent to an activating group) is 1. The molecule has 1 fully saturated rings. The number of nitrogens with one attached hydrogen (secondary N) is 3. The highest BCUT2D eigenvalue weighted by molar-refractivity contribution is 6.01. The van der Waals surface area contributed by atoms with E-state index in [0.29, 0.717) is 18.8 Å². The lowest BCUT2D eigenvalue weighted by Crippen LogP contribution is -2.44. The third-order valence-corrected chi connectivity index (χ3v) is 7.04. The Balaban J connectivity index is 1.48. The number of alkyl halides is 3. The fourth-order valence-electron chi connectivity index (χ4n) is 4.82. The molecule has 0 aliphatic carbocycles. The van der Waals surface area contributed by atoms with E-state index < -0.39 is 40.9 Å². The standard InChI is InChI=1S/C28H28F5N7O2/c1-15-10-18-23(30)21(12-20(29)24(18)37-15)42-27-22(26(41)34-2)25(35-14-36-27)38-17-5-4-16(19(11-17)28(31,32)33)13-40-8-6-39(3)7-9-40/h4-5,10-12,14,37H,6-9,13H2,1-3H3,(H,34,41)(H,35,36,38). The van der Waals surface area contributed by atoms with Crippen LogP contribution >= 0.6 is 0 Å². The van der Waals surface area contributed by atoms with E-state index in [-0.39, 0.29) is 40.1 Å². The largest absolute Gasteiger partial charge is 0.435 e. The van der Waals surface area contributed by atoms with Crippen LogP contribution < -0.4 is 15.4 Å². The first kappa shape index (κ1) is 29.2. The van der Waals surface area contributed by atoms with Gasteiger partial charge in [-0.2, -0.15) is 13.2 Å². The molecule has 0 atom stereocenters. The van der Waals surface area contributed by atoms with Gasteiger partial charge in [-0.15, -0.1) is 0 Å². The molecule has 0 radical (unpaired) electrons. The summed E-state index contributed by atoms with van der Waals surface area (Å²) in [6.45, 7) is 4.58. The molecule has 2 aromatic carbocycles. The van der Waals surface area contributed by atoms with Gasteiger partial charge in [0.05, 0.1) is 11.1 Å². The number of hydrogen-bond acceptors (Lipinski definition) is 7. The summed E-state index contributed by atoms with van der Waals surface area (Å²) >= 11 is 0. The Labute approximate surface area is 237 Å². The van der Waals surface area contributed by atoms with Gasteiger partial charge in [0, 0.05) is 62.6 Å². The van der Waals surface area contributed by atoms with Gasteiger partial charge in [-0.05, 0) is 37.7 Å². The van der Waals surface area contributed by atoms with Crippen LogP contribution in [0.25, 0.3) is 10.9 Å². The summed E-state index contributed by atoms with van der Waals surface area (Å²) in [7, 11) is 3.28. The molecular formula is C28H28F5N7O2. The molecule has 0 spiro atoms. The first-order valence-electron chi connectivity index (χ1n) is 13.0. The molecule has 0 bridgehead atoms. The number of benzene rings is 2. The van der Waals surface area contributed by atoms with Gasteiger partial charge in [0.1, 0.15) is 11.9 Å². The third kappa shape index (κ3) is 5.99. The second-order valence-corrected chi connectivity index (χ2v) is 10.1. The number of carbonyl (C=O) groups is 1. The zero-order chi connectivity index (χ0) is 30.2. The van der Waals surface area contributed by atoms with E-state index in [1.54, 1.807) is 6.92 Å². The molecule has 3 heterocycles. The molecule has 1 aliphatic rings. The molecule has 1 saturated heterocycles. The summed E-state index contributed by atoms with van der Waals surface area (Å²) in [5.41, 5.74) is -0.562. The number of hydrogen-bond donors (Lipinski definition) is 3. The predicted octanol–water partition coefficient (Wildman–Crippen LogP) is 5.21. The van der Waals surface area contributed by atoms with Gasteiger partial charge in [-0.3, -0.25) is 9.69 Å². The van der Waals surface area contributed by atoms with Crippen LogP contribution in [0.1, 0.15) is 27.2 Å². The number of anilines is 2. The Morgan fingerprint density at radius 1 is 1.10 bits per heavy atom. The first-order valence-corrected chi connectivity index (χ1v) is 13.0. The Hall–Kier alpha value is -4.30. The monoisotopic (exact) mass is 589 g/mol. The van der Waals surface area contributed by atoms with E-state index in [0.717, 1.165) is 31.5 Å². The number of aryl methyl sites for hydroxylation is 1. The molecule has 1 amide bonds. The van der Waals surface area contributed by atoms with Gasteiger partial charge >= 0.3 is 6.18 Å². The molecular weight excluding hydrogens is 561 g/mol. The molecule has 0 saturated carbocycles. The second kappa shape index (κ2) is 11.5. The van der Waals surface area contributed by atoms with Crippen LogP contribution in [0.15, 0.2) is 36.7 Å². The number of H-pyrrole nitrogens is 1. The molecule has 3 N–H and O–H groups in total. The smallest absolute Gasteiger partial charge is 0.416 e. The quantitative estimate of drug-likeness (QED) is 0.255. The predicted molar refractivity (Wildman–Crippen MR) is 146 cm³/mol. The van der Waals surface area contributed by atoms with Crippen molar-refractivity contribution in [2.45, 2.75) is 19.6 Å². The van der Waals surface area contributed by atoms with Crippen LogP contribution in [0.3, 0.4) is 0 Å². The number of rotatable bonds is 7. The van der Waals surface area contributed by atoms with Gasteiger partial charge < -0.3 is 25.3 Å². The Morgan fingerprint density at radius 3 is 2.52 bits per heavy atom. The highest BCUT2D eigenvalue weighted by Crippen LogP contribution is 2.37. The van der Waals surface area contributed by atoms with Crippen LogP contribution in [0.5, 0.6) is 11.6 Å². The van der Waals surface area contributed by atoms with E-state index in [4.69, 9.17) is 4.74 Å². The summed E-state index contributed by atoms with van der Waals surface area (Å²) in [6, 6.07) is 5.99. The van der Waals surface area contributed by atoms with Gasteiger partial charge in [-0.25, -0.2) is 18.7 Å². The van der Waals surface area contributed by atoms with Gasteiger partial charge in [0.15, 0.2) is 23.2 Å². The van der Waals surface area contributed by atoms with Crippen molar-refractivity contribution in [1.29, 1.82) is 0 Å². The molecule has 9 nitrogen and oxygen atoms in total. The molecule has 0 unspecified atom stereocenters. The second-order valence-electron chi connectivity index (χ2n) is 10.1. The van der Waals surface area contributed by atoms with Crippen molar-refractivity contribution >= 4 is 28.3 Å². The number of halogens is 5. The lowest BCUT2D eigenvalue weighted by molar-refractivity contribution is -0.138. The minimum absolute atomic E-state index is 0.000646. The third-order valence-electron chi connectivity index (χ3n) is 7.04. The zero-order valence-electron chi connectivity index (χ0n) is 23.0. The number of amides is 1. The number of carbonyl (C=O) groups excluding carboxylic acids is 1. The number of nitrogens with zero attached hydrogens (tertiary/aromatic N) is 4. The van der Waals surface area contributed by atoms with Crippen LogP contribution in [0, 0.1) is 18.6 Å². The maximum atomic E-state index is 15.2. The lowest BCUT2D eigenvalue weighted by Gasteiger charge is -2.33. The lowest BCUT2D eigenvalue weighted by atomic mass is 10.0. The highest BCUT2D eigenvalue weighted by Gasteiger charge is 2.34. The van der Waals surface area contributed by atoms with E-state index in [2.05, 4.69) is 30.5 Å².